The third kappa shape index (κ3) is 3.74. The third-order valence-electron chi connectivity index (χ3n) is 3.17. The van der Waals surface area contributed by atoms with Crippen LogP contribution in [0.5, 0.6) is 0 Å². The number of nitro benzene ring substituents is 1. The van der Waals surface area contributed by atoms with Crippen molar-refractivity contribution in [3.8, 4) is 0 Å². The number of halogens is 2. The second-order valence-electron chi connectivity index (χ2n) is 4.66. The van der Waals surface area contributed by atoms with Gasteiger partial charge in [-0.05, 0) is 23.3 Å². The number of nitro groups is 1. The van der Waals surface area contributed by atoms with Crippen LogP contribution in [0.25, 0.3) is 0 Å². The largest absolute Gasteiger partial charge is 0.365 e. The third-order valence-corrected chi connectivity index (χ3v) is 4.18. The number of hydrogen-bond acceptors (Lipinski definition) is 3. The van der Waals surface area contributed by atoms with Gasteiger partial charge in [0.05, 0.1) is 4.92 Å². The van der Waals surface area contributed by atoms with Crippen LogP contribution in [0.3, 0.4) is 0 Å². The van der Waals surface area contributed by atoms with E-state index >= 15 is 0 Å². The summed E-state index contributed by atoms with van der Waals surface area (Å²) in [5.41, 5.74) is 2.48. The monoisotopic (exact) mass is 368 g/mol. The molecule has 0 fully saturated rings. The zero-order chi connectivity index (χ0) is 15.4. The van der Waals surface area contributed by atoms with Gasteiger partial charge in [0.2, 0.25) is 0 Å². The van der Waals surface area contributed by atoms with Crippen molar-refractivity contribution in [3.05, 3.63) is 68.7 Å². The zero-order valence-corrected chi connectivity index (χ0v) is 13.8. The van der Waals surface area contributed by atoms with Crippen molar-refractivity contribution in [3.63, 3.8) is 0 Å². The fourth-order valence-electron chi connectivity index (χ4n) is 2.09. The number of hydrogen-bond donors (Lipinski definition) is 0. The second kappa shape index (κ2) is 6.91. The van der Waals surface area contributed by atoms with Crippen molar-refractivity contribution in [2.45, 2.75) is 11.9 Å². The molecule has 0 bridgehead atoms. The smallest absolute Gasteiger partial charge is 0.292 e. The van der Waals surface area contributed by atoms with Gasteiger partial charge in [0.15, 0.2) is 0 Å². The molecular formula is C15H14BrClN2O2. The van der Waals surface area contributed by atoms with Gasteiger partial charge in [0.25, 0.3) is 5.69 Å². The molecule has 0 aliphatic rings. The van der Waals surface area contributed by atoms with Gasteiger partial charge in [-0.15, -0.1) is 0 Å². The van der Waals surface area contributed by atoms with Crippen LogP contribution in [0, 0.1) is 10.1 Å². The second-order valence-corrected chi connectivity index (χ2v) is 5.63. The average molecular weight is 370 g/mol. The maximum atomic E-state index is 11.3. The SMILES string of the molecule is CN(Cc1ccccc1Cl)c1ccc(CBr)cc1[N+](=O)[O-]. The van der Waals surface area contributed by atoms with Gasteiger partial charge in [-0.3, -0.25) is 10.1 Å². The number of alkyl halides is 1. The summed E-state index contributed by atoms with van der Waals surface area (Å²) < 4.78 is 0. The molecule has 0 atom stereocenters. The Morgan fingerprint density at radius 1 is 1.29 bits per heavy atom. The summed E-state index contributed by atoms with van der Waals surface area (Å²) in [6.07, 6.45) is 0. The van der Waals surface area contributed by atoms with Crippen molar-refractivity contribution in [2.75, 3.05) is 11.9 Å². The molecule has 6 heteroatoms. The van der Waals surface area contributed by atoms with Crippen molar-refractivity contribution < 1.29 is 4.92 Å². The highest BCUT2D eigenvalue weighted by Crippen LogP contribution is 2.31. The number of rotatable bonds is 5. The van der Waals surface area contributed by atoms with Crippen LogP contribution in [0.1, 0.15) is 11.1 Å². The van der Waals surface area contributed by atoms with Crippen LogP contribution in [-0.2, 0) is 11.9 Å². The molecule has 0 radical (unpaired) electrons. The minimum atomic E-state index is -0.357. The van der Waals surface area contributed by atoms with Crippen LogP contribution < -0.4 is 4.90 Å². The minimum absolute atomic E-state index is 0.0986. The molecule has 0 saturated heterocycles. The Bertz CT molecular complexity index is 664. The van der Waals surface area contributed by atoms with Crippen LogP contribution in [0.4, 0.5) is 11.4 Å². The fraction of sp³-hybridized carbons (Fsp3) is 0.200. The van der Waals surface area contributed by atoms with Gasteiger partial charge >= 0.3 is 0 Å². The lowest BCUT2D eigenvalue weighted by molar-refractivity contribution is -0.384. The first kappa shape index (κ1) is 15.8. The summed E-state index contributed by atoms with van der Waals surface area (Å²) in [5, 5.41) is 12.5. The van der Waals surface area contributed by atoms with Gasteiger partial charge < -0.3 is 4.90 Å². The zero-order valence-electron chi connectivity index (χ0n) is 11.4. The van der Waals surface area contributed by atoms with Crippen LogP contribution in [0.2, 0.25) is 5.02 Å². The molecule has 0 amide bonds. The van der Waals surface area contributed by atoms with Crippen molar-refractivity contribution in [1.82, 2.24) is 0 Å². The van der Waals surface area contributed by atoms with E-state index in [-0.39, 0.29) is 10.6 Å². The maximum absolute atomic E-state index is 11.3. The summed E-state index contributed by atoms with van der Waals surface area (Å²) in [7, 11) is 1.82. The number of anilines is 1. The predicted molar refractivity (Wildman–Crippen MR) is 89.3 cm³/mol. The summed E-state index contributed by atoms with van der Waals surface area (Å²) in [6, 6.07) is 12.7. The predicted octanol–water partition coefficient (Wildman–Crippen LogP) is 4.78. The molecule has 4 nitrogen and oxygen atoms in total. The molecule has 0 unspecified atom stereocenters. The number of nitrogens with zero attached hydrogens (tertiary/aromatic N) is 2. The molecule has 0 aliphatic carbocycles. The highest BCUT2D eigenvalue weighted by molar-refractivity contribution is 9.08. The summed E-state index contributed by atoms with van der Waals surface area (Å²) >= 11 is 9.45. The lowest BCUT2D eigenvalue weighted by Crippen LogP contribution is -2.18. The van der Waals surface area contributed by atoms with E-state index in [0.29, 0.717) is 22.6 Å². The van der Waals surface area contributed by atoms with E-state index in [0.717, 1.165) is 11.1 Å². The number of benzene rings is 2. The molecule has 21 heavy (non-hydrogen) atoms. The molecule has 0 saturated carbocycles. The standard InChI is InChI=1S/C15H14BrClN2O2/c1-18(10-12-4-2-3-5-13(12)17)14-7-6-11(9-16)8-15(14)19(20)21/h2-8H,9-10H2,1H3. The Morgan fingerprint density at radius 2 is 2.00 bits per heavy atom. The Hall–Kier alpha value is -1.59. The highest BCUT2D eigenvalue weighted by Gasteiger charge is 2.18. The van der Waals surface area contributed by atoms with Gasteiger partial charge in [0, 0.05) is 30.0 Å². The first-order valence-corrected chi connectivity index (χ1v) is 7.80. The Labute approximate surface area is 136 Å². The molecule has 0 aromatic heterocycles. The van der Waals surface area contributed by atoms with Gasteiger partial charge in [-0.1, -0.05) is 51.8 Å². The first-order valence-electron chi connectivity index (χ1n) is 6.30. The molecule has 0 N–H and O–H groups in total. The molecule has 2 rings (SSSR count). The average Bonchev–Trinajstić information content (AvgIpc) is 2.48. The molecule has 0 spiro atoms. The molecule has 0 aliphatic heterocycles. The molecule has 2 aromatic carbocycles. The first-order chi connectivity index (χ1) is 10.0. The lowest BCUT2D eigenvalue weighted by Gasteiger charge is -2.20. The maximum Gasteiger partial charge on any atom is 0.292 e. The van der Waals surface area contributed by atoms with Crippen molar-refractivity contribution in [2.24, 2.45) is 0 Å². The van der Waals surface area contributed by atoms with Crippen LogP contribution >= 0.6 is 27.5 Å². The van der Waals surface area contributed by atoms with E-state index < -0.39 is 0 Å². The van der Waals surface area contributed by atoms with Gasteiger partial charge in [-0.2, -0.15) is 0 Å². The normalized spacial score (nSPS) is 10.4. The van der Waals surface area contributed by atoms with E-state index in [1.54, 1.807) is 12.1 Å². The quantitative estimate of drug-likeness (QED) is 0.433. The molecule has 110 valence electrons. The molecular weight excluding hydrogens is 356 g/mol. The van der Waals surface area contributed by atoms with Crippen LogP contribution in [0.15, 0.2) is 42.5 Å². The van der Waals surface area contributed by atoms with Crippen molar-refractivity contribution >= 4 is 38.9 Å². The Kier molecular flexibility index (Phi) is 5.20. The van der Waals surface area contributed by atoms with E-state index in [4.69, 9.17) is 11.6 Å². The molecule has 2 aromatic rings. The van der Waals surface area contributed by atoms with Crippen molar-refractivity contribution in [1.29, 1.82) is 0 Å². The fourth-order valence-corrected chi connectivity index (χ4v) is 2.63. The Morgan fingerprint density at radius 3 is 2.62 bits per heavy atom. The van der Waals surface area contributed by atoms with Gasteiger partial charge in [0.1, 0.15) is 5.69 Å². The summed E-state index contributed by atoms with van der Waals surface area (Å²) in [6.45, 7) is 0.508. The van der Waals surface area contributed by atoms with E-state index in [9.17, 15) is 10.1 Å². The minimum Gasteiger partial charge on any atom is -0.365 e. The summed E-state index contributed by atoms with van der Waals surface area (Å²) in [4.78, 5) is 12.7. The highest BCUT2D eigenvalue weighted by atomic mass is 79.9. The van der Waals surface area contributed by atoms with Gasteiger partial charge in [-0.25, -0.2) is 0 Å². The lowest BCUT2D eigenvalue weighted by atomic mass is 10.1. The topological polar surface area (TPSA) is 46.4 Å². The summed E-state index contributed by atoms with van der Waals surface area (Å²) in [5.74, 6) is 0. The van der Waals surface area contributed by atoms with E-state index in [2.05, 4.69) is 15.9 Å². The Balaban J connectivity index is 2.33. The van der Waals surface area contributed by atoms with E-state index in [1.807, 2.05) is 42.3 Å². The van der Waals surface area contributed by atoms with E-state index in [1.165, 1.54) is 0 Å². The molecule has 0 heterocycles. The van der Waals surface area contributed by atoms with Crippen LogP contribution in [-0.4, -0.2) is 12.0 Å².